The van der Waals surface area contributed by atoms with Gasteiger partial charge in [-0.2, -0.15) is 0 Å². The van der Waals surface area contributed by atoms with Crippen molar-refractivity contribution in [1.29, 1.82) is 0 Å². The van der Waals surface area contributed by atoms with E-state index >= 15 is 0 Å². The molecule has 0 unspecified atom stereocenters. The number of nitrogens with zero attached hydrogens (tertiary/aromatic N) is 1. The SMILES string of the molecule is Cc1c2c(c(C)c3ccccc13)-c1c3c(c4sc5c(CC(C)C)cccc5c4cc3cc[n+]1C)O2. The second-order valence-corrected chi connectivity index (χ2v) is 11.4. The van der Waals surface area contributed by atoms with E-state index in [4.69, 9.17) is 4.74 Å². The van der Waals surface area contributed by atoms with Gasteiger partial charge in [0, 0.05) is 27.1 Å². The van der Waals surface area contributed by atoms with Crippen LogP contribution in [0.2, 0.25) is 0 Å². The van der Waals surface area contributed by atoms with Crippen molar-refractivity contribution in [3.05, 3.63) is 77.5 Å². The predicted molar refractivity (Wildman–Crippen MR) is 149 cm³/mol. The summed E-state index contributed by atoms with van der Waals surface area (Å²) < 4.78 is 11.9. The van der Waals surface area contributed by atoms with Gasteiger partial charge in [-0.15, -0.1) is 11.3 Å². The topological polar surface area (TPSA) is 13.1 Å². The van der Waals surface area contributed by atoms with Crippen LogP contribution >= 0.6 is 11.3 Å². The van der Waals surface area contributed by atoms with Crippen LogP contribution in [0.5, 0.6) is 11.5 Å². The highest BCUT2D eigenvalue weighted by Crippen LogP contribution is 2.54. The van der Waals surface area contributed by atoms with Gasteiger partial charge in [-0.3, -0.25) is 0 Å². The Morgan fingerprint density at radius 1 is 0.829 bits per heavy atom. The Hall–Kier alpha value is -3.43. The van der Waals surface area contributed by atoms with E-state index in [1.165, 1.54) is 69.7 Å². The number of benzene rings is 4. The molecule has 0 atom stereocenters. The molecule has 0 aliphatic carbocycles. The van der Waals surface area contributed by atoms with Crippen molar-refractivity contribution in [3.8, 4) is 22.8 Å². The lowest BCUT2D eigenvalue weighted by Gasteiger charge is -2.24. The van der Waals surface area contributed by atoms with Crippen molar-refractivity contribution in [3.63, 3.8) is 0 Å². The average molecular weight is 475 g/mol. The lowest BCUT2D eigenvalue weighted by atomic mass is 9.89. The van der Waals surface area contributed by atoms with Crippen molar-refractivity contribution in [2.45, 2.75) is 34.1 Å². The van der Waals surface area contributed by atoms with Gasteiger partial charge in [-0.1, -0.05) is 56.3 Å². The zero-order valence-electron chi connectivity index (χ0n) is 20.8. The summed E-state index contributed by atoms with van der Waals surface area (Å²) in [6.07, 6.45) is 3.29. The predicted octanol–water partition coefficient (Wildman–Crippen LogP) is 8.77. The van der Waals surface area contributed by atoms with Gasteiger partial charge in [-0.25, -0.2) is 4.57 Å². The second kappa shape index (κ2) is 7.29. The van der Waals surface area contributed by atoms with Crippen molar-refractivity contribution < 1.29 is 9.30 Å². The van der Waals surface area contributed by atoms with Gasteiger partial charge in [0.1, 0.15) is 12.8 Å². The number of aromatic nitrogens is 1. The van der Waals surface area contributed by atoms with Gasteiger partial charge < -0.3 is 4.74 Å². The highest BCUT2D eigenvalue weighted by atomic mass is 32.1. The zero-order valence-corrected chi connectivity index (χ0v) is 21.6. The lowest BCUT2D eigenvalue weighted by Crippen LogP contribution is -2.32. The summed E-state index contributed by atoms with van der Waals surface area (Å²) in [5.41, 5.74) is 6.41. The summed E-state index contributed by atoms with van der Waals surface area (Å²) in [6, 6.07) is 20.1. The molecule has 0 spiro atoms. The minimum absolute atomic E-state index is 0.621. The third kappa shape index (κ3) is 2.79. The largest absolute Gasteiger partial charge is 0.454 e. The minimum Gasteiger partial charge on any atom is -0.454 e. The standard InChI is InChI=1S/C32H28NOS/c1-17(2)15-21-9-8-12-24-25-16-20-13-14-33(5)28-26-18(3)22-10-6-7-11-23(22)19(4)29(26)34-30(27(20)28)32(25)35-31(21)24/h6-14,16-17H,15H2,1-5H3/q+1. The molecule has 2 nitrogen and oxygen atoms in total. The molecule has 7 rings (SSSR count). The van der Waals surface area contributed by atoms with Crippen molar-refractivity contribution in [2.24, 2.45) is 13.0 Å². The minimum atomic E-state index is 0.621. The first kappa shape index (κ1) is 20.9. The Morgan fingerprint density at radius 3 is 2.34 bits per heavy atom. The monoisotopic (exact) mass is 474 g/mol. The first-order valence-corrected chi connectivity index (χ1v) is 13.2. The third-order valence-electron chi connectivity index (χ3n) is 7.67. The van der Waals surface area contributed by atoms with Crippen molar-refractivity contribution >= 4 is 53.1 Å². The van der Waals surface area contributed by atoms with Crippen LogP contribution < -0.4 is 9.30 Å². The summed E-state index contributed by atoms with van der Waals surface area (Å²) >= 11 is 1.90. The van der Waals surface area contributed by atoms with E-state index in [-0.39, 0.29) is 0 Å². The lowest BCUT2D eigenvalue weighted by molar-refractivity contribution is -0.659. The molecule has 0 saturated heterocycles. The molecule has 1 aliphatic rings. The summed E-state index contributed by atoms with van der Waals surface area (Å²) in [7, 11) is 2.16. The average Bonchev–Trinajstić information content (AvgIpc) is 3.23. The van der Waals surface area contributed by atoms with Gasteiger partial charge in [-0.05, 0) is 59.5 Å². The van der Waals surface area contributed by atoms with E-state index in [1.54, 1.807) is 0 Å². The van der Waals surface area contributed by atoms with E-state index in [0.717, 1.165) is 17.9 Å². The third-order valence-corrected chi connectivity index (χ3v) is 8.97. The maximum absolute atomic E-state index is 6.99. The molecule has 3 heterocycles. The fraction of sp³-hybridized carbons (Fsp3) is 0.219. The normalized spacial score (nSPS) is 12.7. The number of aryl methyl sites for hydroxylation is 3. The van der Waals surface area contributed by atoms with Crippen LogP contribution in [0, 0.1) is 19.8 Å². The molecular formula is C32H28NOS+. The second-order valence-electron chi connectivity index (χ2n) is 10.4. The maximum atomic E-state index is 6.99. The first-order chi connectivity index (χ1) is 16.9. The fourth-order valence-corrected chi connectivity index (χ4v) is 7.36. The molecule has 2 aromatic heterocycles. The molecule has 4 aromatic carbocycles. The Bertz CT molecular complexity index is 1860. The summed E-state index contributed by atoms with van der Waals surface area (Å²) in [6.45, 7) is 9.04. The molecular weight excluding hydrogens is 446 g/mol. The smallest absolute Gasteiger partial charge is 0.228 e. The van der Waals surface area contributed by atoms with Gasteiger partial charge in [0.15, 0.2) is 11.9 Å². The number of thiophene rings is 1. The van der Waals surface area contributed by atoms with Crippen LogP contribution in [0.3, 0.4) is 0 Å². The molecule has 0 bridgehead atoms. The summed E-state index contributed by atoms with van der Waals surface area (Å²) in [5.74, 6) is 2.64. The van der Waals surface area contributed by atoms with Crippen molar-refractivity contribution in [1.82, 2.24) is 0 Å². The molecule has 172 valence electrons. The van der Waals surface area contributed by atoms with Crippen LogP contribution in [-0.4, -0.2) is 0 Å². The van der Waals surface area contributed by atoms with E-state index in [9.17, 15) is 0 Å². The number of pyridine rings is 1. The fourth-order valence-electron chi connectivity index (χ4n) is 6.07. The molecule has 0 amide bonds. The van der Waals surface area contributed by atoms with Crippen LogP contribution in [0.4, 0.5) is 0 Å². The highest BCUT2D eigenvalue weighted by molar-refractivity contribution is 7.26. The van der Waals surface area contributed by atoms with E-state index < -0.39 is 0 Å². The molecule has 35 heavy (non-hydrogen) atoms. The molecule has 3 heteroatoms. The Balaban J connectivity index is 1.66. The molecule has 0 N–H and O–H groups in total. The van der Waals surface area contributed by atoms with E-state index in [0.29, 0.717) is 5.92 Å². The highest BCUT2D eigenvalue weighted by Gasteiger charge is 2.33. The van der Waals surface area contributed by atoms with Crippen molar-refractivity contribution in [2.75, 3.05) is 0 Å². The van der Waals surface area contributed by atoms with Crippen LogP contribution in [0.1, 0.15) is 30.5 Å². The Labute approximate surface area is 209 Å². The Kier molecular flexibility index (Phi) is 4.35. The van der Waals surface area contributed by atoms with Crippen LogP contribution in [0.15, 0.2) is 60.8 Å². The Morgan fingerprint density at radius 2 is 1.57 bits per heavy atom. The van der Waals surface area contributed by atoms with Gasteiger partial charge in [0.05, 0.1) is 15.6 Å². The number of hydrogen-bond donors (Lipinski definition) is 0. The molecule has 1 aliphatic heterocycles. The number of rotatable bonds is 2. The number of ether oxygens (including phenoxy) is 1. The molecule has 0 saturated carbocycles. The molecule has 0 fully saturated rings. The quantitative estimate of drug-likeness (QED) is 0.228. The number of hydrogen-bond acceptors (Lipinski definition) is 2. The van der Waals surface area contributed by atoms with Crippen LogP contribution in [0.25, 0.3) is 53.0 Å². The van der Waals surface area contributed by atoms with E-state index in [1.807, 2.05) is 11.3 Å². The van der Waals surface area contributed by atoms with Gasteiger partial charge >= 0.3 is 0 Å². The number of fused-ring (bicyclic) bond motifs is 7. The van der Waals surface area contributed by atoms with Gasteiger partial charge in [0.25, 0.3) is 0 Å². The molecule has 6 aromatic rings. The summed E-state index contributed by atoms with van der Waals surface area (Å²) in [4.78, 5) is 0. The van der Waals surface area contributed by atoms with Gasteiger partial charge in [0.2, 0.25) is 5.69 Å². The summed E-state index contributed by atoms with van der Waals surface area (Å²) in [5, 5.41) is 7.68. The molecule has 0 radical (unpaired) electrons. The first-order valence-electron chi connectivity index (χ1n) is 12.4. The maximum Gasteiger partial charge on any atom is 0.228 e. The zero-order chi connectivity index (χ0) is 24.0. The van der Waals surface area contributed by atoms with E-state index in [2.05, 4.69) is 100 Å². The van der Waals surface area contributed by atoms with Crippen LogP contribution in [-0.2, 0) is 13.5 Å².